The van der Waals surface area contributed by atoms with Crippen LogP contribution in [-0.2, 0) is 28.8 Å². The van der Waals surface area contributed by atoms with Gasteiger partial charge in [0.2, 0.25) is 0 Å². The molecule has 12 nitrogen and oxygen atoms in total. The Morgan fingerprint density at radius 2 is 0.438 bits per heavy atom. The monoisotopic (exact) mass is 654 g/mol. The minimum Gasteiger partial charge on any atom is -0.297 e. The molecule has 5 fully saturated rings. The van der Waals surface area contributed by atoms with Gasteiger partial charge in [-0.05, 0) is 38.5 Å². The summed E-state index contributed by atoms with van der Waals surface area (Å²) in [6.45, 7) is 0. The van der Waals surface area contributed by atoms with Crippen LogP contribution in [0.15, 0.2) is 30.0 Å². The quantitative estimate of drug-likeness (QED) is 0.363. The first-order valence-corrected chi connectivity index (χ1v) is 17.7. The normalized spacial score (nSPS) is 41.8. The first kappa shape index (κ1) is 32.6. The third-order valence-corrected chi connectivity index (χ3v) is 11.3. The molecule has 0 amide bonds. The highest BCUT2D eigenvalue weighted by Gasteiger charge is 2.49. The Bertz CT molecular complexity index is 1230. The summed E-state index contributed by atoms with van der Waals surface area (Å²) in [7, 11) is 0. The fraction of sp³-hybridized carbons (Fsp3) is 0.667. The summed E-state index contributed by atoms with van der Waals surface area (Å²) in [4.78, 5) is 112. The zero-order valence-corrected chi connectivity index (χ0v) is 27.0. The number of rotatable bonds is 0. The van der Waals surface area contributed by atoms with Crippen LogP contribution in [0.4, 0.5) is 0 Å². The van der Waals surface area contributed by atoms with Crippen molar-refractivity contribution in [3.8, 4) is 0 Å². The van der Waals surface area contributed by atoms with E-state index in [9.17, 15) is 28.8 Å². The highest BCUT2D eigenvalue weighted by atomic mass is 16.2. The van der Waals surface area contributed by atoms with Crippen LogP contribution >= 0.6 is 0 Å². The lowest BCUT2D eigenvalue weighted by atomic mass is 9.72. The Morgan fingerprint density at radius 3 is 0.583 bits per heavy atom. The summed E-state index contributed by atoms with van der Waals surface area (Å²) in [5, 5.41) is 0. The van der Waals surface area contributed by atoms with Crippen LogP contribution in [0.3, 0.4) is 0 Å². The first-order chi connectivity index (χ1) is 23.3. The number of hydrogen-bond acceptors (Lipinski definition) is 12. The van der Waals surface area contributed by atoms with Crippen molar-refractivity contribution in [2.45, 2.75) is 113 Å². The second-order valence-corrected chi connectivity index (χ2v) is 14.3. The van der Waals surface area contributed by atoms with E-state index >= 15 is 0 Å². The van der Waals surface area contributed by atoms with Crippen LogP contribution in [0.5, 0.6) is 0 Å². The summed E-state index contributed by atoms with van der Waals surface area (Å²) in [5.74, 6) is -10.7. The molecule has 0 aromatic carbocycles. The summed E-state index contributed by atoms with van der Waals surface area (Å²) in [6, 6.07) is -2.33. The van der Waals surface area contributed by atoms with Gasteiger partial charge < -0.3 is 0 Å². The maximum absolute atomic E-state index is 13.9. The summed E-state index contributed by atoms with van der Waals surface area (Å²) < 4.78 is 0. The molecule has 3 heterocycles. The van der Waals surface area contributed by atoms with Crippen molar-refractivity contribution in [3.05, 3.63) is 0 Å². The smallest absolute Gasteiger partial charge is 0.164 e. The van der Waals surface area contributed by atoms with Crippen molar-refractivity contribution in [1.29, 1.82) is 0 Å². The van der Waals surface area contributed by atoms with E-state index in [0.717, 1.165) is 38.5 Å². The van der Waals surface area contributed by atoms with Gasteiger partial charge >= 0.3 is 0 Å². The molecule has 6 atom stereocenters. The maximum atomic E-state index is 13.9. The van der Waals surface area contributed by atoms with E-state index < -0.39 is 70.2 Å². The third-order valence-electron chi connectivity index (χ3n) is 11.3. The van der Waals surface area contributed by atoms with Crippen molar-refractivity contribution in [1.82, 2.24) is 0 Å². The lowest BCUT2D eigenvalue weighted by Gasteiger charge is -2.32. The molecule has 0 radical (unpaired) electrons. The molecule has 8 aliphatic rings. The van der Waals surface area contributed by atoms with Crippen LogP contribution in [0.2, 0.25) is 0 Å². The van der Waals surface area contributed by atoms with E-state index in [4.69, 9.17) is 30.0 Å². The number of carbonyl (C=O) groups is 6. The molecular weight excluding hydrogens is 612 g/mol. The van der Waals surface area contributed by atoms with E-state index in [2.05, 4.69) is 0 Å². The number of hydrogen-bond donors (Lipinski definition) is 0. The minimum atomic E-state index is -1.24. The Morgan fingerprint density at radius 1 is 0.292 bits per heavy atom. The Kier molecular flexibility index (Phi) is 9.42. The van der Waals surface area contributed by atoms with Gasteiger partial charge in [-0.25, -0.2) is 0 Å². The predicted octanol–water partition coefficient (Wildman–Crippen LogP) is 2.51. The third kappa shape index (κ3) is 6.18. The SMILES string of the molecule is O=C1C2C=NC3CCCCC3N=CC3C(=O)C4C=NC5CCCCC5N=CC1C(=O)C(C=NC1CCCCC1N=CC(C3=O)C4=O)C2=O. The van der Waals surface area contributed by atoms with Crippen molar-refractivity contribution in [3.63, 3.8) is 0 Å². The minimum absolute atomic E-state index is 0.388. The molecule has 0 aromatic rings. The number of aliphatic imine (C=N–C) groups is 6. The number of carbonyl (C=O) groups excluding carboxylic acids is 6. The lowest BCUT2D eigenvalue weighted by Crippen LogP contribution is -2.51. The fourth-order valence-electron chi connectivity index (χ4n) is 8.38. The van der Waals surface area contributed by atoms with Crippen LogP contribution in [0, 0.1) is 35.5 Å². The molecular formula is C36H42N6O6. The van der Waals surface area contributed by atoms with Gasteiger partial charge in [0.1, 0.15) is 35.5 Å². The number of nitrogens with zero attached hydrogens (tertiary/aromatic N) is 6. The average molecular weight is 655 g/mol. The van der Waals surface area contributed by atoms with E-state index in [1.165, 1.54) is 37.3 Å². The molecule has 5 aliphatic carbocycles. The highest BCUT2D eigenvalue weighted by Crippen LogP contribution is 2.32. The molecule has 6 bridgehead atoms. The van der Waals surface area contributed by atoms with Gasteiger partial charge in [0.05, 0.1) is 36.3 Å². The van der Waals surface area contributed by atoms with E-state index in [0.29, 0.717) is 38.5 Å². The Labute approximate surface area is 279 Å². The molecule has 12 heteroatoms. The second-order valence-electron chi connectivity index (χ2n) is 14.3. The van der Waals surface area contributed by atoms with Crippen molar-refractivity contribution in [2.24, 2.45) is 65.5 Å². The molecule has 3 aliphatic heterocycles. The first-order valence-electron chi connectivity index (χ1n) is 17.7. The van der Waals surface area contributed by atoms with Crippen molar-refractivity contribution < 1.29 is 28.8 Å². The zero-order valence-electron chi connectivity index (χ0n) is 27.0. The van der Waals surface area contributed by atoms with Gasteiger partial charge in [0.15, 0.2) is 34.7 Å². The maximum Gasteiger partial charge on any atom is 0.164 e. The van der Waals surface area contributed by atoms with Crippen LogP contribution < -0.4 is 0 Å². The second kappa shape index (κ2) is 13.9. The lowest BCUT2D eigenvalue weighted by molar-refractivity contribution is -0.145. The van der Waals surface area contributed by atoms with Crippen molar-refractivity contribution >= 4 is 72.0 Å². The van der Waals surface area contributed by atoms with Crippen LogP contribution in [0.25, 0.3) is 0 Å². The fourth-order valence-corrected chi connectivity index (χ4v) is 8.38. The van der Waals surface area contributed by atoms with Crippen LogP contribution in [-0.4, -0.2) is 108 Å². The van der Waals surface area contributed by atoms with Gasteiger partial charge in [0, 0.05) is 37.3 Å². The molecule has 0 aromatic heterocycles. The van der Waals surface area contributed by atoms with Gasteiger partial charge in [-0.2, -0.15) is 0 Å². The summed E-state index contributed by atoms with van der Waals surface area (Å²) in [6.07, 6.45) is 17.3. The summed E-state index contributed by atoms with van der Waals surface area (Å²) >= 11 is 0. The van der Waals surface area contributed by atoms with Crippen LogP contribution in [0.1, 0.15) is 77.0 Å². The standard InChI is InChI=1S/C36H42N6O6/c43-31-19-13-37-25-7-1-2-8-26(25)38-14-20-33(45)23-17-41-29-11-5-3-9-27(29)39-15-21(31)35(47)22(32(19)44)16-40-28-10-4-6-12-30(28)42-18-24(34(20)46)36(23)48/h13-30H,1-12H2. The molecule has 6 unspecified atom stereocenters. The zero-order chi connectivity index (χ0) is 33.4. The van der Waals surface area contributed by atoms with E-state index in [-0.39, 0.29) is 36.3 Å². The molecule has 0 spiro atoms. The van der Waals surface area contributed by atoms with Gasteiger partial charge in [0.25, 0.3) is 0 Å². The molecule has 5 saturated carbocycles. The molecule has 0 saturated heterocycles. The number of Topliss-reactive ketones (excluding diaryl/α,β-unsaturated/α-hetero) is 6. The largest absolute Gasteiger partial charge is 0.297 e. The topological polar surface area (TPSA) is 177 Å². The van der Waals surface area contributed by atoms with Gasteiger partial charge in [-0.1, -0.05) is 38.5 Å². The molecule has 48 heavy (non-hydrogen) atoms. The Balaban J connectivity index is 1.41. The highest BCUT2D eigenvalue weighted by molar-refractivity contribution is 6.39. The summed E-state index contributed by atoms with van der Waals surface area (Å²) in [5.41, 5.74) is 0. The average Bonchev–Trinajstić information content (AvgIpc) is 3.08. The van der Waals surface area contributed by atoms with E-state index in [1.54, 1.807) is 0 Å². The molecule has 0 N–H and O–H groups in total. The molecule has 252 valence electrons. The predicted molar refractivity (Wildman–Crippen MR) is 180 cm³/mol. The van der Waals surface area contributed by atoms with Gasteiger partial charge in [-0.3, -0.25) is 58.7 Å². The molecule has 8 rings (SSSR count). The van der Waals surface area contributed by atoms with Crippen molar-refractivity contribution in [2.75, 3.05) is 0 Å². The Hall–Kier alpha value is -3.96. The van der Waals surface area contributed by atoms with Gasteiger partial charge in [-0.15, -0.1) is 0 Å². The van der Waals surface area contributed by atoms with E-state index in [1.807, 2.05) is 0 Å². The number of ketones is 6.